The summed E-state index contributed by atoms with van der Waals surface area (Å²) in [5.41, 5.74) is 1.04. The maximum atomic E-state index is 12.6. The number of thioether (sulfide) groups is 1. The first-order valence-corrected chi connectivity index (χ1v) is 10.7. The summed E-state index contributed by atoms with van der Waals surface area (Å²) in [6, 6.07) is 12.2. The van der Waals surface area contributed by atoms with Crippen LogP contribution in [0.3, 0.4) is 0 Å². The number of hydrogen-bond acceptors (Lipinski definition) is 6. The molecule has 0 aliphatic carbocycles. The predicted octanol–water partition coefficient (Wildman–Crippen LogP) is 3.26. The van der Waals surface area contributed by atoms with Crippen LogP contribution in [-0.4, -0.2) is 47.0 Å². The monoisotopic (exact) mass is 417 g/mol. The number of rotatable bonds is 6. The Kier molecular flexibility index (Phi) is 6.48. The second-order valence-electron chi connectivity index (χ2n) is 6.27. The van der Waals surface area contributed by atoms with Crippen LogP contribution in [0.1, 0.15) is 21.2 Å². The van der Waals surface area contributed by atoms with Crippen molar-refractivity contribution in [3.8, 4) is 0 Å². The minimum Gasteiger partial charge on any atom is -0.346 e. The number of amides is 2. The molecule has 2 aromatic rings. The second-order valence-corrected chi connectivity index (χ2v) is 8.08. The second kappa shape index (κ2) is 9.03. The Hall–Kier alpha value is -2.65. The first-order valence-electron chi connectivity index (χ1n) is 8.58. The van der Waals surface area contributed by atoms with Crippen molar-refractivity contribution in [2.45, 2.75) is 12.0 Å². The first kappa shape index (κ1) is 20.1. The van der Waals surface area contributed by atoms with Gasteiger partial charge in [0, 0.05) is 31.1 Å². The van der Waals surface area contributed by atoms with Crippen LogP contribution in [0.5, 0.6) is 0 Å². The van der Waals surface area contributed by atoms with E-state index in [0.29, 0.717) is 13.1 Å². The maximum absolute atomic E-state index is 12.6. The minimum atomic E-state index is -0.512. The van der Waals surface area contributed by atoms with E-state index in [-0.39, 0.29) is 33.7 Å². The minimum absolute atomic E-state index is 0.0493. The smallest absolute Gasteiger partial charge is 0.324 e. The molecule has 1 fully saturated rings. The molecule has 1 aromatic heterocycles. The lowest BCUT2D eigenvalue weighted by atomic mass is 9.94. The summed E-state index contributed by atoms with van der Waals surface area (Å²) < 4.78 is 0. The van der Waals surface area contributed by atoms with Crippen molar-refractivity contribution in [2.75, 3.05) is 19.3 Å². The lowest BCUT2D eigenvalue weighted by Gasteiger charge is -2.19. The standard InChI is InChI=1S/C19H19N3O4S2/c1-27-10-9-17(23)21-11-14(13-5-3-2-4-6-13)15(12-21)20-19(24)16-7-8-18(28-16)22(25)26/h2-10,14-15H,11-12H2,1H3,(H,20,24)/b10-9+/t14-,15+/m0/s1. The van der Waals surface area contributed by atoms with Crippen molar-refractivity contribution in [3.63, 3.8) is 0 Å². The summed E-state index contributed by atoms with van der Waals surface area (Å²) in [6.07, 6.45) is 3.41. The summed E-state index contributed by atoms with van der Waals surface area (Å²) in [7, 11) is 0. The molecule has 0 saturated carbocycles. The third-order valence-corrected chi connectivity index (χ3v) is 5.96. The summed E-state index contributed by atoms with van der Waals surface area (Å²) in [4.78, 5) is 37.4. The van der Waals surface area contributed by atoms with Crippen LogP contribution in [0.2, 0.25) is 0 Å². The van der Waals surface area contributed by atoms with Crippen LogP contribution in [0.4, 0.5) is 5.00 Å². The van der Waals surface area contributed by atoms with Gasteiger partial charge in [0.15, 0.2) is 0 Å². The zero-order chi connectivity index (χ0) is 20.1. The quantitative estimate of drug-likeness (QED) is 0.442. The summed E-state index contributed by atoms with van der Waals surface area (Å²) in [6.45, 7) is 0.882. The van der Waals surface area contributed by atoms with Crippen molar-refractivity contribution in [1.29, 1.82) is 0 Å². The molecule has 7 nitrogen and oxygen atoms in total. The van der Waals surface area contributed by atoms with Crippen LogP contribution in [-0.2, 0) is 4.79 Å². The Morgan fingerprint density at radius 2 is 2.00 bits per heavy atom. The molecule has 28 heavy (non-hydrogen) atoms. The zero-order valence-electron chi connectivity index (χ0n) is 15.1. The Morgan fingerprint density at radius 1 is 1.25 bits per heavy atom. The van der Waals surface area contributed by atoms with Crippen LogP contribution < -0.4 is 5.32 Å². The molecule has 2 amide bonds. The van der Waals surface area contributed by atoms with Gasteiger partial charge < -0.3 is 10.2 Å². The number of benzene rings is 1. The topological polar surface area (TPSA) is 92.6 Å². The SMILES string of the molecule is CS/C=C/C(=O)N1C[C@@H](NC(=O)c2ccc([N+](=O)[O-])s2)[C@H](c2ccccc2)C1. The molecule has 1 aliphatic heterocycles. The third kappa shape index (κ3) is 4.60. The molecule has 1 aromatic carbocycles. The highest BCUT2D eigenvalue weighted by Crippen LogP contribution is 2.29. The van der Waals surface area contributed by atoms with E-state index in [1.165, 1.54) is 30.0 Å². The van der Waals surface area contributed by atoms with Gasteiger partial charge in [0.1, 0.15) is 0 Å². The number of thiophene rings is 1. The molecule has 146 valence electrons. The van der Waals surface area contributed by atoms with E-state index in [1.54, 1.807) is 10.3 Å². The summed E-state index contributed by atoms with van der Waals surface area (Å²) in [5.74, 6) is -0.511. The fraction of sp³-hybridized carbons (Fsp3) is 0.263. The average Bonchev–Trinajstić information content (AvgIpc) is 3.34. The van der Waals surface area contributed by atoms with Gasteiger partial charge in [-0.25, -0.2) is 0 Å². The van der Waals surface area contributed by atoms with E-state index in [9.17, 15) is 19.7 Å². The molecule has 2 heterocycles. The molecule has 0 spiro atoms. The van der Waals surface area contributed by atoms with Crippen molar-refractivity contribution >= 4 is 39.9 Å². The molecule has 1 saturated heterocycles. The van der Waals surface area contributed by atoms with E-state index < -0.39 is 4.92 Å². The van der Waals surface area contributed by atoms with E-state index in [2.05, 4.69) is 5.32 Å². The van der Waals surface area contributed by atoms with E-state index >= 15 is 0 Å². The Bertz CT molecular complexity index is 898. The summed E-state index contributed by atoms with van der Waals surface area (Å²) in [5, 5.41) is 15.5. The zero-order valence-corrected chi connectivity index (χ0v) is 16.7. The molecular weight excluding hydrogens is 398 g/mol. The molecule has 0 unspecified atom stereocenters. The molecule has 2 atom stereocenters. The fourth-order valence-electron chi connectivity index (χ4n) is 3.19. The van der Waals surface area contributed by atoms with Gasteiger partial charge in [-0.1, -0.05) is 41.7 Å². The van der Waals surface area contributed by atoms with Crippen LogP contribution >= 0.6 is 23.1 Å². The largest absolute Gasteiger partial charge is 0.346 e. The molecule has 0 bridgehead atoms. The van der Waals surface area contributed by atoms with E-state index in [4.69, 9.17) is 0 Å². The van der Waals surface area contributed by atoms with Gasteiger partial charge in [-0.3, -0.25) is 19.7 Å². The van der Waals surface area contributed by atoms with Gasteiger partial charge in [0.2, 0.25) is 5.91 Å². The maximum Gasteiger partial charge on any atom is 0.324 e. The van der Waals surface area contributed by atoms with Gasteiger partial charge in [0.05, 0.1) is 15.8 Å². The fourth-order valence-corrected chi connectivity index (χ4v) is 4.16. The van der Waals surface area contributed by atoms with Gasteiger partial charge >= 0.3 is 5.00 Å². The Balaban J connectivity index is 1.78. The van der Waals surface area contributed by atoms with Crippen molar-refractivity contribution < 1.29 is 14.5 Å². The van der Waals surface area contributed by atoms with Crippen molar-refractivity contribution in [3.05, 3.63) is 74.5 Å². The first-order chi connectivity index (χ1) is 13.5. The number of carbonyl (C=O) groups is 2. The number of nitrogens with one attached hydrogen (secondary N) is 1. The average molecular weight is 418 g/mol. The molecule has 1 aliphatic rings. The highest BCUT2D eigenvalue weighted by Gasteiger charge is 2.36. The number of nitro groups is 1. The lowest BCUT2D eigenvalue weighted by molar-refractivity contribution is -0.380. The molecule has 1 N–H and O–H groups in total. The lowest BCUT2D eigenvalue weighted by Crippen LogP contribution is -2.40. The van der Waals surface area contributed by atoms with Gasteiger partial charge in [-0.2, -0.15) is 0 Å². The summed E-state index contributed by atoms with van der Waals surface area (Å²) >= 11 is 2.29. The third-order valence-electron chi connectivity index (χ3n) is 4.52. The van der Waals surface area contributed by atoms with Crippen LogP contribution in [0.15, 0.2) is 53.9 Å². The normalized spacial score (nSPS) is 19.1. The van der Waals surface area contributed by atoms with Crippen molar-refractivity contribution in [2.24, 2.45) is 0 Å². The Morgan fingerprint density at radius 3 is 2.64 bits per heavy atom. The van der Waals surface area contributed by atoms with Crippen LogP contribution in [0, 0.1) is 10.1 Å². The van der Waals surface area contributed by atoms with Gasteiger partial charge in [0.25, 0.3) is 5.91 Å². The number of likely N-dealkylation sites (tertiary alicyclic amines) is 1. The van der Waals surface area contributed by atoms with Crippen molar-refractivity contribution in [1.82, 2.24) is 10.2 Å². The predicted molar refractivity (Wildman–Crippen MR) is 111 cm³/mol. The van der Waals surface area contributed by atoms with Crippen LogP contribution in [0.25, 0.3) is 0 Å². The van der Waals surface area contributed by atoms with Gasteiger partial charge in [-0.05, 0) is 23.3 Å². The molecule has 9 heteroatoms. The number of hydrogen-bond donors (Lipinski definition) is 1. The van der Waals surface area contributed by atoms with Gasteiger partial charge in [-0.15, -0.1) is 11.8 Å². The number of carbonyl (C=O) groups excluding carboxylic acids is 2. The highest BCUT2D eigenvalue weighted by atomic mass is 32.2. The number of nitrogens with zero attached hydrogens (tertiary/aromatic N) is 2. The molecular formula is C19H19N3O4S2. The Labute approximate surface area is 170 Å². The molecule has 3 rings (SSSR count). The van der Waals surface area contributed by atoms with E-state index in [1.807, 2.05) is 36.6 Å². The molecule has 0 radical (unpaired) electrons. The van der Waals surface area contributed by atoms with E-state index in [0.717, 1.165) is 16.9 Å². The highest BCUT2D eigenvalue weighted by molar-refractivity contribution is 8.01.